The highest BCUT2D eigenvalue weighted by Gasteiger charge is 2.33. The predicted molar refractivity (Wildman–Crippen MR) is 55.7 cm³/mol. The van der Waals surface area contributed by atoms with E-state index in [1.807, 2.05) is 0 Å². The van der Waals surface area contributed by atoms with E-state index in [0.717, 1.165) is 0 Å². The highest BCUT2D eigenvalue weighted by Crippen LogP contribution is 2.38. The number of aliphatic carboxylic acids is 1. The molecule has 1 fully saturated rings. The van der Waals surface area contributed by atoms with Crippen molar-refractivity contribution < 1.29 is 25.4 Å². The number of aromatic hydroxyl groups is 2. The normalized spacial score (nSPS) is 24.5. The lowest BCUT2D eigenvalue weighted by Gasteiger charge is -2.10. The van der Waals surface area contributed by atoms with Gasteiger partial charge in [0.15, 0.2) is 16.9 Å². The topological polar surface area (TPSA) is 97.2 Å². The number of carbonyl (C=O) groups is 1. The Kier molecular flexibility index (Phi) is 2.93. The molecule has 0 amide bonds. The van der Waals surface area contributed by atoms with E-state index in [1.54, 1.807) is 17.4 Å². The number of rotatable bonds is 2. The first kappa shape index (κ1) is 11.1. The van der Waals surface area contributed by atoms with Crippen molar-refractivity contribution in [1.29, 1.82) is 0 Å². The van der Waals surface area contributed by atoms with E-state index >= 15 is 0 Å². The number of hydrogen-bond acceptors (Lipinski definition) is 5. The fraction of sp³-hybridized carbons (Fsp3) is 0.300. The van der Waals surface area contributed by atoms with Crippen molar-refractivity contribution in [3.63, 3.8) is 0 Å². The molecule has 5 nitrogen and oxygen atoms in total. The SMILES string of the molecule is O=C([O-])[C@H]1C[NH2+][C@H](c2cccc(O)c2O)S1. The van der Waals surface area contributed by atoms with Gasteiger partial charge in [0.05, 0.1) is 23.3 Å². The first-order valence-electron chi connectivity index (χ1n) is 4.80. The minimum absolute atomic E-state index is 0.185. The largest absolute Gasteiger partial charge is 0.549 e. The van der Waals surface area contributed by atoms with Crippen molar-refractivity contribution in [2.75, 3.05) is 6.54 Å². The van der Waals surface area contributed by atoms with E-state index in [-0.39, 0.29) is 16.9 Å². The second-order valence-corrected chi connectivity index (χ2v) is 4.90. The number of phenolic OH excluding ortho intramolecular Hbond substituents is 2. The number of para-hydroxylation sites is 1. The number of phenols is 2. The Morgan fingerprint density at radius 1 is 1.50 bits per heavy atom. The summed E-state index contributed by atoms with van der Waals surface area (Å²) in [5.74, 6) is -1.47. The highest BCUT2D eigenvalue weighted by molar-refractivity contribution is 8.00. The van der Waals surface area contributed by atoms with Crippen molar-refractivity contribution in [3.8, 4) is 11.5 Å². The molecular formula is C10H11NO4S. The molecule has 0 radical (unpaired) electrons. The van der Waals surface area contributed by atoms with Crippen LogP contribution in [0.5, 0.6) is 11.5 Å². The van der Waals surface area contributed by atoms with Gasteiger partial charge < -0.3 is 25.4 Å². The van der Waals surface area contributed by atoms with Gasteiger partial charge in [0.25, 0.3) is 0 Å². The van der Waals surface area contributed by atoms with E-state index in [1.165, 1.54) is 17.8 Å². The number of nitrogens with two attached hydrogens (primary N) is 1. The maximum atomic E-state index is 10.7. The van der Waals surface area contributed by atoms with Crippen LogP contribution >= 0.6 is 11.8 Å². The van der Waals surface area contributed by atoms with Crippen LogP contribution in [-0.2, 0) is 4.79 Å². The van der Waals surface area contributed by atoms with Crippen LogP contribution in [0.25, 0.3) is 0 Å². The van der Waals surface area contributed by atoms with E-state index < -0.39 is 11.2 Å². The van der Waals surface area contributed by atoms with Crippen LogP contribution in [0.3, 0.4) is 0 Å². The van der Waals surface area contributed by atoms with E-state index in [9.17, 15) is 20.1 Å². The van der Waals surface area contributed by atoms with Crippen LogP contribution in [0.4, 0.5) is 0 Å². The third kappa shape index (κ3) is 1.94. The minimum atomic E-state index is -1.09. The molecule has 1 heterocycles. The summed E-state index contributed by atoms with van der Waals surface area (Å²) in [7, 11) is 0. The first-order valence-corrected chi connectivity index (χ1v) is 5.74. The van der Waals surface area contributed by atoms with Gasteiger partial charge >= 0.3 is 0 Å². The summed E-state index contributed by atoms with van der Waals surface area (Å²) in [5, 5.41) is 30.7. The Morgan fingerprint density at radius 2 is 2.25 bits per heavy atom. The molecule has 2 atom stereocenters. The van der Waals surface area contributed by atoms with Crippen LogP contribution in [-0.4, -0.2) is 28.0 Å². The first-order chi connectivity index (χ1) is 7.59. The number of benzene rings is 1. The molecule has 6 heteroatoms. The molecule has 0 aromatic heterocycles. The van der Waals surface area contributed by atoms with Gasteiger partial charge in [-0.1, -0.05) is 17.8 Å². The number of quaternary nitrogens is 1. The summed E-state index contributed by atoms with van der Waals surface area (Å²) in [5.41, 5.74) is 0.536. The summed E-state index contributed by atoms with van der Waals surface area (Å²) < 4.78 is 0. The Bertz CT molecular complexity index is 423. The van der Waals surface area contributed by atoms with Gasteiger partial charge in [0.2, 0.25) is 0 Å². The standard InChI is InChI=1S/C10H11NO4S/c12-6-3-1-2-5(8(6)13)9-11-4-7(16-9)10(14)15/h1-3,7,9,11-13H,4H2,(H,14,15)/t7-,9+/m1/s1. The van der Waals surface area contributed by atoms with Crippen molar-refractivity contribution in [3.05, 3.63) is 23.8 Å². The van der Waals surface area contributed by atoms with Crippen molar-refractivity contribution in [2.24, 2.45) is 0 Å². The van der Waals surface area contributed by atoms with Gasteiger partial charge in [-0.15, -0.1) is 0 Å². The molecule has 1 aromatic rings. The zero-order chi connectivity index (χ0) is 11.7. The van der Waals surface area contributed by atoms with E-state index in [2.05, 4.69) is 0 Å². The summed E-state index contributed by atoms with van der Waals surface area (Å²) in [4.78, 5) is 10.7. The predicted octanol–water partition coefficient (Wildman–Crippen LogP) is -1.47. The summed E-state index contributed by atoms with van der Waals surface area (Å²) in [6.07, 6.45) is 0. The minimum Gasteiger partial charge on any atom is -0.549 e. The van der Waals surface area contributed by atoms with Gasteiger partial charge in [-0.2, -0.15) is 0 Å². The molecule has 1 aromatic carbocycles. The number of hydrogen-bond donors (Lipinski definition) is 3. The smallest absolute Gasteiger partial charge is 0.167 e. The van der Waals surface area contributed by atoms with Crippen molar-refractivity contribution in [1.82, 2.24) is 0 Å². The fourth-order valence-electron chi connectivity index (χ4n) is 1.67. The maximum absolute atomic E-state index is 10.7. The third-order valence-electron chi connectivity index (χ3n) is 2.49. The lowest BCUT2D eigenvalue weighted by Crippen LogP contribution is -2.82. The molecule has 1 aliphatic rings. The monoisotopic (exact) mass is 241 g/mol. The molecule has 0 spiro atoms. The molecule has 0 bridgehead atoms. The average Bonchev–Trinajstić information content (AvgIpc) is 2.71. The van der Waals surface area contributed by atoms with Gasteiger partial charge in [-0.3, -0.25) is 0 Å². The van der Waals surface area contributed by atoms with E-state index in [0.29, 0.717) is 12.1 Å². The molecule has 0 unspecified atom stereocenters. The van der Waals surface area contributed by atoms with Gasteiger partial charge in [0, 0.05) is 0 Å². The number of carboxylic acid groups (broad SMARTS) is 1. The Morgan fingerprint density at radius 3 is 2.88 bits per heavy atom. The van der Waals surface area contributed by atoms with Crippen molar-refractivity contribution in [2.45, 2.75) is 10.6 Å². The van der Waals surface area contributed by atoms with Crippen LogP contribution in [0, 0.1) is 0 Å². The van der Waals surface area contributed by atoms with Crippen molar-refractivity contribution >= 4 is 17.7 Å². The quantitative estimate of drug-likeness (QED) is 0.549. The van der Waals surface area contributed by atoms with Gasteiger partial charge in [-0.05, 0) is 12.1 Å². The summed E-state index contributed by atoms with van der Waals surface area (Å²) in [6.45, 7) is 0.409. The van der Waals surface area contributed by atoms with Crippen LogP contribution in [0.2, 0.25) is 0 Å². The lowest BCUT2D eigenvalue weighted by atomic mass is 10.2. The maximum Gasteiger partial charge on any atom is 0.167 e. The fourth-order valence-corrected chi connectivity index (χ4v) is 2.91. The molecule has 0 aliphatic carbocycles. The second kappa shape index (κ2) is 4.23. The van der Waals surface area contributed by atoms with Crippen LogP contribution in [0.1, 0.15) is 10.9 Å². The molecule has 1 aliphatic heterocycles. The average molecular weight is 241 g/mol. The number of thioether (sulfide) groups is 1. The molecule has 4 N–H and O–H groups in total. The van der Waals surface area contributed by atoms with Crippen LogP contribution in [0.15, 0.2) is 18.2 Å². The van der Waals surface area contributed by atoms with E-state index in [4.69, 9.17) is 0 Å². The highest BCUT2D eigenvalue weighted by atomic mass is 32.2. The molecule has 86 valence electrons. The Hall–Kier alpha value is -1.40. The second-order valence-electron chi connectivity index (χ2n) is 3.55. The molecule has 1 saturated heterocycles. The third-order valence-corrected chi connectivity index (χ3v) is 3.94. The van der Waals surface area contributed by atoms with Crippen LogP contribution < -0.4 is 10.4 Å². The number of carboxylic acids is 1. The number of carbonyl (C=O) groups excluding carboxylic acids is 1. The van der Waals surface area contributed by atoms with Gasteiger partial charge in [-0.25, -0.2) is 0 Å². The molecule has 2 rings (SSSR count). The Labute approximate surface area is 96.1 Å². The molecule has 0 saturated carbocycles. The summed E-state index contributed by atoms with van der Waals surface area (Å²) >= 11 is 1.21. The van der Waals surface area contributed by atoms with Gasteiger partial charge in [0.1, 0.15) is 0 Å². The Balaban J connectivity index is 2.21. The zero-order valence-electron chi connectivity index (χ0n) is 8.29. The molecule has 16 heavy (non-hydrogen) atoms. The summed E-state index contributed by atoms with van der Waals surface area (Å²) in [6, 6.07) is 4.67. The zero-order valence-corrected chi connectivity index (χ0v) is 9.11. The molecular weight excluding hydrogens is 230 g/mol. The lowest BCUT2D eigenvalue weighted by molar-refractivity contribution is -0.665.